The Morgan fingerprint density at radius 2 is 1.76 bits per heavy atom. The monoisotopic (exact) mass is 611 g/mol. The average Bonchev–Trinajstić information content (AvgIpc) is 3.07. The van der Waals surface area contributed by atoms with Crippen LogP contribution < -0.4 is 20.8 Å². The number of sulfonamides is 1. The van der Waals surface area contributed by atoms with Gasteiger partial charge in [-0.15, -0.1) is 0 Å². The molecule has 8 nitrogen and oxygen atoms in total. The van der Waals surface area contributed by atoms with E-state index in [2.05, 4.69) is 31.8 Å². The maximum atomic E-state index is 13.5. The van der Waals surface area contributed by atoms with Gasteiger partial charge < -0.3 is 10.2 Å². The highest BCUT2D eigenvalue weighted by molar-refractivity contribution is 9.10. The number of hydrazone groups is 1. The summed E-state index contributed by atoms with van der Waals surface area (Å²) in [4.78, 5) is 14.3. The van der Waals surface area contributed by atoms with Gasteiger partial charge in [0, 0.05) is 10.0 Å². The van der Waals surface area contributed by atoms with E-state index in [-0.39, 0.29) is 33.5 Å². The molecule has 0 unspecified atom stereocenters. The molecule has 37 heavy (non-hydrogen) atoms. The van der Waals surface area contributed by atoms with Gasteiger partial charge in [0.2, 0.25) is 10.0 Å². The molecule has 0 bridgehead atoms. The number of carbonyl (C=O) groups is 1. The summed E-state index contributed by atoms with van der Waals surface area (Å²) in [5, 5.41) is 11.8. The summed E-state index contributed by atoms with van der Waals surface area (Å²) in [5.41, 5.74) is 2.30. The van der Waals surface area contributed by atoms with Crippen LogP contribution >= 0.6 is 28.1 Å². The van der Waals surface area contributed by atoms with Crippen LogP contribution in [0.1, 0.15) is 16.7 Å². The van der Waals surface area contributed by atoms with Gasteiger partial charge in [0.05, 0.1) is 23.5 Å². The van der Waals surface area contributed by atoms with Gasteiger partial charge in [-0.3, -0.25) is 10.2 Å². The highest BCUT2D eigenvalue weighted by Crippen LogP contribution is 2.36. The Bertz CT molecular complexity index is 1540. The van der Waals surface area contributed by atoms with Crippen molar-refractivity contribution in [1.29, 1.82) is 0 Å². The predicted octanol–water partition coefficient (Wildman–Crippen LogP) is 4.35. The normalized spacial score (nSPS) is 14.6. The first-order valence-electron chi connectivity index (χ1n) is 10.4. The van der Waals surface area contributed by atoms with Crippen LogP contribution in [0, 0.1) is 0 Å². The number of alkyl halides is 3. The number of primary sulfonamides is 1. The Balaban J connectivity index is 1.63. The third kappa shape index (κ3) is 5.82. The number of rotatable bonds is 5. The van der Waals surface area contributed by atoms with Crippen LogP contribution in [0.4, 0.5) is 24.5 Å². The van der Waals surface area contributed by atoms with Crippen molar-refractivity contribution in [2.24, 2.45) is 10.2 Å². The van der Waals surface area contributed by atoms with Crippen LogP contribution in [0.25, 0.3) is 0 Å². The van der Waals surface area contributed by atoms with Crippen molar-refractivity contribution < 1.29 is 26.4 Å². The summed E-state index contributed by atoms with van der Waals surface area (Å²) in [6.07, 6.45) is -4.59. The first-order valence-corrected chi connectivity index (χ1v) is 13.1. The van der Waals surface area contributed by atoms with Gasteiger partial charge in [-0.1, -0.05) is 46.3 Å². The third-order valence-electron chi connectivity index (χ3n) is 5.31. The number of carbonyl (C=O) groups excluding carboxylic acids is 1. The number of nitrogens with one attached hydrogen (secondary N) is 2. The molecule has 0 atom stereocenters. The quantitative estimate of drug-likeness (QED) is 0.292. The molecule has 4 rings (SSSR count). The molecule has 192 valence electrons. The summed E-state index contributed by atoms with van der Waals surface area (Å²) in [6.45, 7) is -0.341. The number of halogens is 4. The Hall–Kier alpha value is -3.33. The van der Waals surface area contributed by atoms with E-state index in [1.54, 1.807) is 24.3 Å². The number of anilines is 2. The highest BCUT2D eigenvalue weighted by Gasteiger charge is 2.38. The number of hydrogen-bond donors (Lipinski definition) is 3. The number of nitrogens with zero attached hydrogens (tertiary/aromatic N) is 2. The van der Waals surface area contributed by atoms with Crippen molar-refractivity contribution in [2.45, 2.75) is 17.6 Å². The standard InChI is InChI=1S/C23H17BrF3N5O3S2/c24-14-9-10-18-15(11-14)20(21(33)32(18)12-13-5-1-2-6-16(13)23(25,26)27)30-31-22(36)29-17-7-3-4-8-19(17)37(28,34)35/h1-11H,12H2,(H2,28,34,35)(H2,29,31,36). The minimum atomic E-state index is -4.59. The summed E-state index contributed by atoms with van der Waals surface area (Å²) in [7, 11) is -4.05. The molecule has 0 aliphatic carbocycles. The number of fused-ring (bicyclic) bond motifs is 1. The molecule has 0 fully saturated rings. The van der Waals surface area contributed by atoms with E-state index in [0.29, 0.717) is 15.7 Å². The molecule has 1 heterocycles. The van der Waals surface area contributed by atoms with Crippen LogP contribution in [-0.4, -0.2) is 25.1 Å². The van der Waals surface area contributed by atoms with Crippen LogP contribution in [0.2, 0.25) is 0 Å². The zero-order valence-electron chi connectivity index (χ0n) is 18.6. The van der Waals surface area contributed by atoms with E-state index in [1.807, 2.05) is 0 Å². The number of nitrogens with two attached hydrogens (primary N) is 1. The molecular weight excluding hydrogens is 595 g/mol. The van der Waals surface area contributed by atoms with Crippen molar-refractivity contribution in [3.63, 3.8) is 0 Å². The lowest BCUT2D eigenvalue weighted by atomic mass is 10.1. The van der Waals surface area contributed by atoms with Crippen molar-refractivity contribution in [3.05, 3.63) is 87.9 Å². The van der Waals surface area contributed by atoms with Crippen LogP contribution in [0.15, 0.2) is 81.2 Å². The maximum absolute atomic E-state index is 13.5. The van der Waals surface area contributed by atoms with Crippen molar-refractivity contribution >= 4 is 66.3 Å². The first-order chi connectivity index (χ1) is 17.4. The van der Waals surface area contributed by atoms with E-state index >= 15 is 0 Å². The SMILES string of the molecule is NS(=O)(=O)c1ccccc1NC(=S)NN=C1C(=O)N(Cc2ccccc2C(F)(F)F)c2ccc(Br)cc21. The molecule has 1 aliphatic heterocycles. The van der Waals surface area contributed by atoms with Crippen molar-refractivity contribution in [2.75, 3.05) is 10.2 Å². The van der Waals surface area contributed by atoms with Crippen LogP contribution in [0.5, 0.6) is 0 Å². The molecule has 0 saturated heterocycles. The maximum Gasteiger partial charge on any atom is 0.416 e. The third-order valence-corrected chi connectivity index (χ3v) is 6.97. The summed E-state index contributed by atoms with van der Waals surface area (Å²) >= 11 is 8.51. The van der Waals surface area contributed by atoms with Crippen molar-refractivity contribution in [1.82, 2.24) is 5.43 Å². The molecular formula is C23H17BrF3N5O3S2. The second kappa shape index (κ2) is 10.2. The smallest absolute Gasteiger partial charge is 0.330 e. The van der Waals surface area contributed by atoms with Crippen LogP contribution in [-0.2, 0) is 27.5 Å². The zero-order valence-corrected chi connectivity index (χ0v) is 21.8. The summed E-state index contributed by atoms with van der Waals surface area (Å²) < 4.78 is 64.8. The van der Waals surface area contributed by atoms with E-state index in [4.69, 9.17) is 17.4 Å². The Labute approximate surface area is 223 Å². The molecule has 0 radical (unpaired) electrons. The van der Waals surface area contributed by atoms with Gasteiger partial charge in [0.25, 0.3) is 5.91 Å². The lowest BCUT2D eigenvalue weighted by Gasteiger charge is -2.20. The number of benzene rings is 3. The minimum absolute atomic E-state index is 0.0804. The topological polar surface area (TPSA) is 117 Å². The molecule has 3 aromatic rings. The van der Waals surface area contributed by atoms with Crippen LogP contribution in [0.3, 0.4) is 0 Å². The molecule has 1 aliphatic rings. The lowest BCUT2D eigenvalue weighted by Crippen LogP contribution is -2.33. The Kier molecular flexibility index (Phi) is 7.37. The van der Waals surface area contributed by atoms with Crippen molar-refractivity contribution in [3.8, 4) is 0 Å². The van der Waals surface area contributed by atoms with Gasteiger partial charge in [-0.2, -0.15) is 18.3 Å². The van der Waals surface area contributed by atoms with Gasteiger partial charge in [-0.25, -0.2) is 13.6 Å². The molecule has 4 N–H and O–H groups in total. The van der Waals surface area contributed by atoms with E-state index in [1.165, 1.54) is 41.3 Å². The summed E-state index contributed by atoms with van der Waals surface area (Å²) in [5.74, 6) is -0.648. The van der Waals surface area contributed by atoms with Gasteiger partial charge in [0.1, 0.15) is 4.90 Å². The molecule has 1 amide bonds. The summed E-state index contributed by atoms with van der Waals surface area (Å²) in [6, 6.07) is 15.6. The molecule has 3 aromatic carbocycles. The second-order valence-corrected chi connectivity index (χ2v) is 10.6. The van der Waals surface area contributed by atoms with E-state index in [9.17, 15) is 26.4 Å². The molecule has 0 aromatic heterocycles. The Morgan fingerprint density at radius 3 is 2.46 bits per heavy atom. The second-order valence-electron chi connectivity index (χ2n) is 7.78. The van der Waals surface area contributed by atoms with Gasteiger partial charge in [-0.05, 0) is 54.2 Å². The zero-order chi connectivity index (χ0) is 27.0. The van der Waals surface area contributed by atoms with E-state index in [0.717, 1.165) is 6.07 Å². The van der Waals surface area contributed by atoms with E-state index < -0.39 is 27.7 Å². The Morgan fingerprint density at radius 1 is 1.08 bits per heavy atom. The lowest BCUT2D eigenvalue weighted by molar-refractivity contribution is -0.138. The molecule has 0 saturated carbocycles. The number of thiocarbonyl (C=S) groups is 1. The predicted molar refractivity (Wildman–Crippen MR) is 140 cm³/mol. The first kappa shape index (κ1) is 26.7. The number of amides is 1. The average molecular weight is 612 g/mol. The van der Waals surface area contributed by atoms with Gasteiger partial charge >= 0.3 is 6.18 Å². The minimum Gasteiger partial charge on any atom is -0.330 e. The fourth-order valence-corrected chi connectivity index (χ4v) is 4.94. The molecule has 0 spiro atoms. The highest BCUT2D eigenvalue weighted by atomic mass is 79.9. The number of para-hydroxylation sites is 1. The fraction of sp³-hybridized carbons (Fsp3) is 0.0870. The fourth-order valence-electron chi connectivity index (χ4n) is 3.73. The van der Waals surface area contributed by atoms with Gasteiger partial charge in [0.15, 0.2) is 10.8 Å². The number of hydrogen-bond acceptors (Lipinski definition) is 5. The molecule has 14 heteroatoms. The largest absolute Gasteiger partial charge is 0.416 e.